The Morgan fingerprint density at radius 1 is 1.08 bits per heavy atom. The fraction of sp³-hybridized carbons (Fsp3) is 0.571. The highest BCUT2D eigenvalue weighted by atomic mass is 16.6. The van der Waals surface area contributed by atoms with Gasteiger partial charge in [-0.2, -0.15) is 0 Å². The van der Waals surface area contributed by atoms with Crippen molar-refractivity contribution >= 4 is 6.16 Å². The van der Waals surface area contributed by atoms with Gasteiger partial charge in [-0.05, 0) is 0 Å². The van der Waals surface area contributed by atoms with Gasteiger partial charge >= 0.3 is 6.16 Å². The van der Waals surface area contributed by atoms with Crippen molar-refractivity contribution in [2.24, 2.45) is 0 Å². The first-order valence-electron chi connectivity index (χ1n) is 3.49. The Morgan fingerprint density at radius 2 is 1.31 bits per heavy atom. The molecule has 0 aliphatic carbocycles. The van der Waals surface area contributed by atoms with Crippen LogP contribution in [0, 0.1) is 0 Å². The molecule has 0 aliphatic rings. The highest BCUT2D eigenvalue weighted by molar-refractivity contribution is 5.53. The molecule has 0 aliphatic heterocycles. The summed E-state index contributed by atoms with van der Waals surface area (Å²) in [4.78, 5) is 8.56. The van der Waals surface area contributed by atoms with Crippen molar-refractivity contribution in [3.05, 3.63) is 13.2 Å². The Morgan fingerprint density at radius 3 is 1.46 bits per heavy atom. The van der Waals surface area contributed by atoms with E-state index in [0.29, 0.717) is 13.1 Å². The van der Waals surface area contributed by atoms with Crippen molar-refractivity contribution in [2.75, 3.05) is 26.3 Å². The van der Waals surface area contributed by atoms with E-state index in [2.05, 4.69) is 18.5 Å². The summed E-state index contributed by atoms with van der Waals surface area (Å²) in [5.41, 5.74) is 0. The van der Waals surface area contributed by atoms with Crippen LogP contribution < -0.4 is 5.32 Å². The second-order valence-corrected chi connectivity index (χ2v) is 1.48. The molecule has 0 aromatic carbocycles. The van der Waals surface area contributed by atoms with E-state index in [1.165, 1.54) is 0 Å². The second kappa shape index (κ2) is 22.4. The maximum absolute atomic E-state index is 8.56. The molecule has 0 amide bonds. The SMILES string of the molecule is C=C.O=C(O)O.OCCNCCO. The van der Waals surface area contributed by atoms with Crippen LogP contribution >= 0.6 is 0 Å². The zero-order valence-corrected chi connectivity index (χ0v) is 7.44. The summed E-state index contributed by atoms with van der Waals surface area (Å²) >= 11 is 0. The molecule has 0 saturated carbocycles. The molecule has 6 nitrogen and oxygen atoms in total. The Bertz CT molecular complexity index is 90.9. The third-order valence-electron chi connectivity index (χ3n) is 0.577. The molecule has 0 aromatic heterocycles. The van der Waals surface area contributed by atoms with Crippen LogP contribution in [0.5, 0.6) is 0 Å². The molecule has 0 unspecified atom stereocenters. The zero-order chi connectivity index (χ0) is 11.1. The van der Waals surface area contributed by atoms with Gasteiger partial charge in [0.1, 0.15) is 0 Å². The van der Waals surface area contributed by atoms with Crippen molar-refractivity contribution in [2.45, 2.75) is 0 Å². The van der Waals surface area contributed by atoms with E-state index >= 15 is 0 Å². The van der Waals surface area contributed by atoms with E-state index in [1.807, 2.05) is 0 Å². The van der Waals surface area contributed by atoms with Crippen LogP contribution in [0.15, 0.2) is 13.2 Å². The maximum Gasteiger partial charge on any atom is 0.503 e. The number of aliphatic hydroxyl groups is 2. The first kappa shape index (κ1) is 17.8. The summed E-state index contributed by atoms with van der Waals surface area (Å²) in [6.07, 6.45) is -1.83. The number of nitrogens with one attached hydrogen (secondary N) is 1. The number of hydrogen-bond donors (Lipinski definition) is 5. The lowest BCUT2D eigenvalue weighted by molar-refractivity contribution is 0.137. The molecule has 13 heavy (non-hydrogen) atoms. The summed E-state index contributed by atoms with van der Waals surface area (Å²) in [6, 6.07) is 0. The predicted octanol–water partition coefficient (Wildman–Crippen LogP) is -0.415. The molecule has 0 heterocycles. The molecular weight excluding hydrogens is 178 g/mol. The summed E-state index contributed by atoms with van der Waals surface area (Å²) < 4.78 is 0. The third-order valence-corrected chi connectivity index (χ3v) is 0.577. The lowest BCUT2D eigenvalue weighted by Gasteiger charge is -1.94. The van der Waals surface area contributed by atoms with Crippen LogP contribution in [0.4, 0.5) is 4.79 Å². The maximum atomic E-state index is 8.56. The quantitative estimate of drug-likeness (QED) is 0.308. The minimum Gasteiger partial charge on any atom is -0.450 e. The van der Waals surface area contributed by atoms with Crippen LogP contribution in [0.25, 0.3) is 0 Å². The van der Waals surface area contributed by atoms with Crippen molar-refractivity contribution in [1.82, 2.24) is 5.32 Å². The highest BCUT2D eigenvalue weighted by Crippen LogP contribution is 1.54. The minimum atomic E-state index is -1.83. The molecule has 80 valence electrons. The Labute approximate surface area is 77.1 Å². The number of carbonyl (C=O) groups is 1. The average molecular weight is 195 g/mol. The van der Waals surface area contributed by atoms with Gasteiger partial charge in [-0.25, -0.2) is 4.79 Å². The molecule has 0 saturated heterocycles. The van der Waals surface area contributed by atoms with Gasteiger partial charge in [0.05, 0.1) is 13.2 Å². The van der Waals surface area contributed by atoms with Crippen molar-refractivity contribution in [3.63, 3.8) is 0 Å². The third kappa shape index (κ3) is 103. The first-order chi connectivity index (χ1) is 6.15. The molecule has 0 bridgehead atoms. The summed E-state index contributed by atoms with van der Waals surface area (Å²) in [7, 11) is 0. The van der Waals surface area contributed by atoms with Gasteiger partial charge in [-0.1, -0.05) is 0 Å². The van der Waals surface area contributed by atoms with Gasteiger partial charge < -0.3 is 25.7 Å². The van der Waals surface area contributed by atoms with E-state index in [9.17, 15) is 0 Å². The number of rotatable bonds is 4. The highest BCUT2D eigenvalue weighted by Gasteiger charge is 1.78. The largest absolute Gasteiger partial charge is 0.503 e. The predicted molar refractivity (Wildman–Crippen MR) is 48.9 cm³/mol. The van der Waals surface area contributed by atoms with Gasteiger partial charge in [0.2, 0.25) is 0 Å². The van der Waals surface area contributed by atoms with E-state index in [4.69, 9.17) is 25.2 Å². The van der Waals surface area contributed by atoms with Gasteiger partial charge in [0, 0.05) is 13.1 Å². The average Bonchev–Trinajstić information content (AvgIpc) is 2.08. The Kier molecular flexibility index (Phi) is 30.8. The van der Waals surface area contributed by atoms with Crippen LogP contribution in [0.1, 0.15) is 0 Å². The van der Waals surface area contributed by atoms with Gasteiger partial charge in [0.15, 0.2) is 0 Å². The van der Waals surface area contributed by atoms with Crippen molar-refractivity contribution in [3.8, 4) is 0 Å². The van der Waals surface area contributed by atoms with Gasteiger partial charge in [-0.3, -0.25) is 0 Å². The number of carboxylic acid groups (broad SMARTS) is 2. The fourth-order valence-corrected chi connectivity index (χ4v) is 0.283. The molecule has 0 aromatic rings. The molecule has 0 radical (unpaired) electrons. The molecule has 0 rings (SSSR count). The molecule has 0 atom stereocenters. The molecule has 5 N–H and O–H groups in total. The zero-order valence-electron chi connectivity index (χ0n) is 7.44. The first-order valence-corrected chi connectivity index (χ1v) is 3.49. The van der Waals surface area contributed by atoms with E-state index < -0.39 is 6.16 Å². The minimum absolute atomic E-state index is 0.139. The Hall–Kier alpha value is -1.11. The smallest absolute Gasteiger partial charge is 0.450 e. The fourth-order valence-electron chi connectivity index (χ4n) is 0.283. The van der Waals surface area contributed by atoms with Crippen LogP contribution in [0.3, 0.4) is 0 Å². The van der Waals surface area contributed by atoms with Crippen LogP contribution in [-0.4, -0.2) is 52.9 Å². The van der Waals surface area contributed by atoms with Crippen molar-refractivity contribution < 1.29 is 25.2 Å². The number of hydrogen-bond acceptors (Lipinski definition) is 4. The summed E-state index contributed by atoms with van der Waals surface area (Å²) in [6.45, 7) is 7.42. The monoisotopic (exact) mass is 195 g/mol. The van der Waals surface area contributed by atoms with E-state index in [0.717, 1.165) is 0 Å². The topological polar surface area (TPSA) is 110 Å². The Balaban J connectivity index is -0.000000142. The molecular formula is C7H17NO5. The van der Waals surface area contributed by atoms with Crippen LogP contribution in [0.2, 0.25) is 0 Å². The molecule has 0 fully saturated rings. The van der Waals surface area contributed by atoms with E-state index in [1.54, 1.807) is 0 Å². The van der Waals surface area contributed by atoms with Crippen LogP contribution in [-0.2, 0) is 0 Å². The summed E-state index contributed by atoms with van der Waals surface area (Å²) in [5.74, 6) is 0. The summed E-state index contributed by atoms with van der Waals surface area (Å²) in [5, 5.41) is 33.0. The number of aliphatic hydroxyl groups excluding tert-OH is 2. The molecule has 0 spiro atoms. The van der Waals surface area contributed by atoms with Crippen molar-refractivity contribution in [1.29, 1.82) is 0 Å². The van der Waals surface area contributed by atoms with E-state index in [-0.39, 0.29) is 13.2 Å². The lowest BCUT2D eigenvalue weighted by atomic mass is 10.6. The normalized spacial score (nSPS) is 7.23. The second-order valence-electron chi connectivity index (χ2n) is 1.48. The molecule has 6 heteroatoms. The van der Waals surface area contributed by atoms with Gasteiger partial charge in [-0.15, -0.1) is 13.2 Å². The van der Waals surface area contributed by atoms with Gasteiger partial charge in [0.25, 0.3) is 0 Å². The lowest BCUT2D eigenvalue weighted by Crippen LogP contribution is -2.21. The standard InChI is InChI=1S/C4H11NO2.C2H4.CH2O3/c6-3-1-5-2-4-7;1-2;2-1(3)4/h5-7H,1-4H2;1-2H2;(H2,2,3,4).